The Hall–Kier alpha value is 0.310. The summed E-state index contributed by atoms with van der Waals surface area (Å²) in [5.74, 6) is 4.35. The maximum atomic E-state index is 3.39. The van der Waals surface area contributed by atoms with Crippen LogP contribution in [0.4, 0.5) is 0 Å². The minimum Gasteiger partial charge on any atom is -0.316 e. The van der Waals surface area contributed by atoms with Crippen LogP contribution in [0, 0.1) is 11.8 Å². The first-order valence-electron chi connectivity index (χ1n) is 4.00. The van der Waals surface area contributed by atoms with Crippen LogP contribution in [0.1, 0.15) is 13.8 Å². The van der Waals surface area contributed by atoms with Crippen molar-refractivity contribution in [3.8, 4) is 0 Å². The lowest BCUT2D eigenvalue weighted by Gasteiger charge is -2.33. The van der Waals surface area contributed by atoms with Crippen molar-refractivity contribution in [1.29, 1.82) is 0 Å². The van der Waals surface area contributed by atoms with Crippen LogP contribution in [0.25, 0.3) is 0 Å². The van der Waals surface area contributed by atoms with Gasteiger partial charge in [0, 0.05) is 6.04 Å². The topological polar surface area (TPSA) is 12.0 Å². The normalized spacial score (nSPS) is 41.7. The number of hydrogen-bond acceptors (Lipinski definition) is 2. The number of thioether (sulfide) groups is 1. The van der Waals surface area contributed by atoms with E-state index in [4.69, 9.17) is 0 Å². The van der Waals surface area contributed by atoms with Crippen molar-refractivity contribution in [1.82, 2.24) is 5.32 Å². The van der Waals surface area contributed by atoms with Gasteiger partial charge < -0.3 is 5.32 Å². The zero-order valence-corrected chi connectivity index (χ0v) is 7.87. The standard InChI is InChI=1S/C8H17NS/c1-6-4-10-5-7(2)8(6)9-3/h6-9H,4-5H2,1-3H3. The highest BCUT2D eigenvalue weighted by atomic mass is 32.2. The van der Waals surface area contributed by atoms with E-state index in [0.717, 1.165) is 17.9 Å². The SMILES string of the molecule is CNC1C(C)CSCC1C. The van der Waals surface area contributed by atoms with Crippen molar-refractivity contribution in [2.24, 2.45) is 11.8 Å². The minimum absolute atomic E-state index is 0.751. The van der Waals surface area contributed by atoms with Crippen LogP contribution in [-0.2, 0) is 0 Å². The summed E-state index contributed by atoms with van der Waals surface area (Å²) < 4.78 is 0. The minimum atomic E-state index is 0.751. The van der Waals surface area contributed by atoms with Gasteiger partial charge in [-0.3, -0.25) is 0 Å². The average molecular weight is 159 g/mol. The monoisotopic (exact) mass is 159 g/mol. The zero-order chi connectivity index (χ0) is 7.56. The molecular weight excluding hydrogens is 142 g/mol. The fourth-order valence-electron chi connectivity index (χ4n) is 1.78. The fraction of sp³-hybridized carbons (Fsp3) is 1.00. The largest absolute Gasteiger partial charge is 0.316 e. The van der Waals surface area contributed by atoms with E-state index in [0.29, 0.717) is 0 Å². The first-order chi connectivity index (χ1) is 4.75. The second-order valence-corrected chi connectivity index (χ2v) is 4.38. The Morgan fingerprint density at radius 2 is 1.70 bits per heavy atom. The van der Waals surface area contributed by atoms with Crippen LogP contribution in [-0.4, -0.2) is 24.6 Å². The lowest BCUT2D eigenvalue weighted by molar-refractivity contribution is 0.332. The average Bonchev–Trinajstić information content (AvgIpc) is 1.88. The van der Waals surface area contributed by atoms with E-state index in [1.165, 1.54) is 11.5 Å². The summed E-state index contributed by atoms with van der Waals surface area (Å²) in [6, 6.07) is 0.751. The number of hydrogen-bond donors (Lipinski definition) is 1. The van der Waals surface area contributed by atoms with E-state index in [-0.39, 0.29) is 0 Å². The highest BCUT2D eigenvalue weighted by molar-refractivity contribution is 7.99. The molecule has 0 aromatic rings. The Morgan fingerprint density at radius 3 is 2.00 bits per heavy atom. The smallest absolute Gasteiger partial charge is 0.0131 e. The van der Waals surface area contributed by atoms with E-state index in [2.05, 4.69) is 38.0 Å². The third-order valence-corrected chi connectivity index (χ3v) is 3.84. The molecule has 0 amide bonds. The van der Waals surface area contributed by atoms with Gasteiger partial charge in [-0.25, -0.2) is 0 Å². The third-order valence-electron chi connectivity index (χ3n) is 2.32. The van der Waals surface area contributed by atoms with Crippen LogP contribution in [0.3, 0.4) is 0 Å². The molecule has 1 heterocycles. The van der Waals surface area contributed by atoms with Gasteiger partial charge in [0.2, 0.25) is 0 Å². The first kappa shape index (κ1) is 8.41. The number of rotatable bonds is 1. The van der Waals surface area contributed by atoms with E-state index in [9.17, 15) is 0 Å². The van der Waals surface area contributed by atoms with Crippen molar-refractivity contribution < 1.29 is 0 Å². The molecule has 60 valence electrons. The fourth-order valence-corrected chi connectivity index (χ4v) is 3.07. The molecule has 1 nitrogen and oxygen atoms in total. The van der Waals surface area contributed by atoms with E-state index >= 15 is 0 Å². The Morgan fingerprint density at radius 1 is 1.20 bits per heavy atom. The molecule has 0 saturated carbocycles. The maximum absolute atomic E-state index is 3.39. The van der Waals surface area contributed by atoms with E-state index < -0.39 is 0 Å². The van der Waals surface area contributed by atoms with Gasteiger partial charge in [0.25, 0.3) is 0 Å². The molecule has 1 aliphatic heterocycles. The predicted molar refractivity (Wildman–Crippen MR) is 48.5 cm³/mol. The maximum Gasteiger partial charge on any atom is 0.0131 e. The van der Waals surface area contributed by atoms with Gasteiger partial charge >= 0.3 is 0 Å². The molecule has 2 atom stereocenters. The summed E-state index contributed by atoms with van der Waals surface area (Å²) in [5, 5.41) is 3.39. The van der Waals surface area contributed by atoms with Crippen molar-refractivity contribution in [2.75, 3.05) is 18.6 Å². The molecule has 0 radical (unpaired) electrons. The molecule has 0 aliphatic carbocycles. The summed E-state index contributed by atoms with van der Waals surface area (Å²) in [4.78, 5) is 0. The summed E-state index contributed by atoms with van der Waals surface area (Å²) in [6.07, 6.45) is 0. The Bertz CT molecular complexity index is 95.4. The van der Waals surface area contributed by atoms with Gasteiger partial charge in [0.05, 0.1) is 0 Å². The molecule has 1 saturated heterocycles. The van der Waals surface area contributed by atoms with E-state index in [1.807, 2.05) is 0 Å². The van der Waals surface area contributed by atoms with Gasteiger partial charge in [-0.1, -0.05) is 13.8 Å². The summed E-state index contributed by atoms with van der Waals surface area (Å²) in [6.45, 7) is 4.67. The predicted octanol–water partition coefficient (Wildman–Crippen LogP) is 1.59. The Kier molecular flexibility index (Phi) is 3.05. The van der Waals surface area contributed by atoms with Crippen LogP contribution in [0.5, 0.6) is 0 Å². The molecule has 1 rings (SSSR count). The molecule has 1 fully saturated rings. The first-order valence-corrected chi connectivity index (χ1v) is 5.16. The van der Waals surface area contributed by atoms with Gasteiger partial charge in [-0.05, 0) is 30.4 Å². The van der Waals surface area contributed by atoms with Gasteiger partial charge in [-0.15, -0.1) is 0 Å². The third kappa shape index (κ3) is 1.67. The molecule has 0 aromatic heterocycles. The van der Waals surface area contributed by atoms with Crippen LogP contribution < -0.4 is 5.32 Å². The molecule has 10 heavy (non-hydrogen) atoms. The molecule has 0 spiro atoms. The molecule has 1 N–H and O–H groups in total. The molecule has 1 aliphatic rings. The summed E-state index contributed by atoms with van der Waals surface area (Å²) in [7, 11) is 2.08. The lowest BCUT2D eigenvalue weighted by Crippen LogP contribution is -2.42. The van der Waals surface area contributed by atoms with Gasteiger partial charge in [0.15, 0.2) is 0 Å². The molecule has 2 unspecified atom stereocenters. The Balaban J connectivity index is 2.45. The highest BCUT2D eigenvalue weighted by Gasteiger charge is 2.25. The van der Waals surface area contributed by atoms with Crippen molar-refractivity contribution in [3.63, 3.8) is 0 Å². The molecule has 0 bridgehead atoms. The van der Waals surface area contributed by atoms with E-state index in [1.54, 1.807) is 0 Å². The molecular formula is C8H17NS. The lowest BCUT2D eigenvalue weighted by atomic mass is 9.93. The molecule has 2 heteroatoms. The highest BCUT2D eigenvalue weighted by Crippen LogP contribution is 2.26. The van der Waals surface area contributed by atoms with Crippen LogP contribution >= 0.6 is 11.8 Å². The van der Waals surface area contributed by atoms with Gasteiger partial charge in [-0.2, -0.15) is 11.8 Å². The van der Waals surface area contributed by atoms with Gasteiger partial charge in [0.1, 0.15) is 0 Å². The Labute approximate surface area is 68.0 Å². The quantitative estimate of drug-likeness (QED) is 0.623. The summed E-state index contributed by atoms with van der Waals surface area (Å²) >= 11 is 2.09. The van der Waals surface area contributed by atoms with Crippen molar-refractivity contribution >= 4 is 11.8 Å². The second-order valence-electron chi connectivity index (χ2n) is 3.31. The van der Waals surface area contributed by atoms with Crippen LogP contribution in [0.2, 0.25) is 0 Å². The summed E-state index contributed by atoms with van der Waals surface area (Å²) in [5.41, 5.74) is 0. The second kappa shape index (κ2) is 3.63. The zero-order valence-electron chi connectivity index (χ0n) is 7.05. The molecule has 0 aromatic carbocycles. The van der Waals surface area contributed by atoms with Crippen molar-refractivity contribution in [2.45, 2.75) is 19.9 Å². The van der Waals surface area contributed by atoms with Crippen molar-refractivity contribution in [3.05, 3.63) is 0 Å². The van der Waals surface area contributed by atoms with Crippen LogP contribution in [0.15, 0.2) is 0 Å². The number of nitrogens with one attached hydrogen (secondary N) is 1.